The molecular formula is C9H17N. The molecule has 0 heterocycles. The third-order valence-corrected chi connectivity index (χ3v) is 2.12. The summed E-state index contributed by atoms with van der Waals surface area (Å²) in [5.74, 6) is 0. The van der Waals surface area contributed by atoms with E-state index in [0.717, 1.165) is 12.6 Å². The Labute approximate surface area is 63.5 Å². The predicted molar refractivity (Wildman–Crippen MR) is 45.1 cm³/mol. The van der Waals surface area contributed by atoms with Gasteiger partial charge in [-0.2, -0.15) is 0 Å². The van der Waals surface area contributed by atoms with E-state index in [-0.39, 0.29) is 0 Å². The van der Waals surface area contributed by atoms with Gasteiger partial charge in [0.15, 0.2) is 0 Å². The molecule has 1 aliphatic rings. The van der Waals surface area contributed by atoms with Crippen molar-refractivity contribution in [2.45, 2.75) is 38.6 Å². The first kappa shape index (κ1) is 7.80. The number of hydrogen-bond donors (Lipinski definition) is 1. The van der Waals surface area contributed by atoms with Crippen LogP contribution >= 0.6 is 0 Å². The van der Waals surface area contributed by atoms with Crippen LogP contribution in [0.25, 0.3) is 0 Å². The van der Waals surface area contributed by atoms with Gasteiger partial charge >= 0.3 is 0 Å². The van der Waals surface area contributed by atoms with Crippen molar-refractivity contribution in [2.75, 3.05) is 6.54 Å². The second-order valence-corrected chi connectivity index (χ2v) is 2.96. The van der Waals surface area contributed by atoms with Gasteiger partial charge in [0, 0.05) is 12.6 Å². The summed E-state index contributed by atoms with van der Waals surface area (Å²) in [6.45, 7) is 3.12. The zero-order valence-electron chi connectivity index (χ0n) is 6.77. The lowest BCUT2D eigenvalue weighted by Crippen LogP contribution is -2.25. The summed E-state index contributed by atoms with van der Waals surface area (Å²) in [5.41, 5.74) is 0. The van der Waals surface area contributed by atoms with Crippen LogP contribution in [0.2, 0.25) is 0 Å². The molecule has 0 saturated heterocycles. The summed E-state index contributed by atoms with van der Waals surface area (Å²) < 4.78 is 0. The molecule has 10 heavy (non-hydrogen) atoms. The van der Waals surface area contributed by atoms with Gasteiger partial charge in [0.05, 0.1) is 0 Å². The minimum atomic E-state index is 0.816. The van der Waals surface area contributed by atoms with Crippen LogP contribution in [0.3, 0.4) is 0 Å². The van der Waals surface area contributed by atoms with Gasteiger partial charge in [0.2, 0.25) is 0 Å². The average Bonchev–Trinajstić information content (AvgIpc) is 2.41. The van der Waals surface area contributed by atoms with Crippen molar-refractivity contribution in [3.63, 3.8) is 0 Å². The monoisotopic (exact) mass is 139 g/mol. The van der Waals surface area contributed by atoms with Crippen molar-refractivity contribution in [1.82, 2.24) is 5.32 Å². The first-order valence-corrected chi connectivity index (χ1v) is 4.28. The van der Waals surface area contributed by atoms with Gasteiger partial charge in [-0.3, -0.25) is 0 Å². The molecule has 0 aromatic carbocycles. The molecule has 1 aliphatic carbocycles. The van der Waals surface area contributed by atoms with Crippen LogP contribution in [0.1, 0.15) is 32.6 Å². The van der Waals surface area contributed by atoms with E-state index in [0.29, 0.717) is 0 Å². The topological polar surface area (TPSA) is 12.0 Å². The van der Waals surface area contributed by atoms with Crippen LogP contribution in [0.5, 0.6) is 0 Å². The lowest BCUT2D eigenvalue weighted by Gasteiger charge is -2.08. The molecule has 0 aromatic heterocycles. The molecule has 1 nitrogen and oxygen atoms in total. The van der Waals surface area contributed by atoms with Gasteiger partial charge in [-0.25, -0.2) is 0 Å². The van der Waals surface area contributed by atoms with E-state index in [1.807, 2.05) is 0 Å². The van der Waals surface area contributed by atoms with Crippen LogP contribution < -0.4 is 5.32 Å². The molecular weight excluding hydrogens is 122 g/mol. The molecule has 1 saturated carbocycles. The fourth-order valence-electron chi connectivity index (χ4n) is 1.48. The Hall–Kier alpha value is -0.300. The molecule has 58 valence electrons. The fraction of sp³-hybridized carbons (Fsp3) is 0.778. The molecule has 0 bridgehead atoms. The molecule has 1 heteroatoms. The molecule has 0 unspecified atom stereocenters. The maximum absolute atomic E-state index is 3.50. The summed E-state index contributed by atoms with van der Waals surface area (Å²) in [6.07, 6.45) is 9.90. The van der Waals surface area contributed by atoms with Gasteiger partial charge in [-0.05, 0) is 19.8 Å². The van der Waals surface area contributed by atoms with Gasteiger partial charge in [0.1, 0.15) is 0 Å². The molecule has 0 spiro atoms. The Morgan fingerprint density at radius 3 is 2.70 bits per heavy atom. The third-order valence-electron chi connectivity index (χ3n) is 2.12. The Morgan fingerprint density at radius 2 is 2.10 bits per heavy atom. The standard InChI is InChI=1S/C9H17N/c1-2-3-8-10-9-6-4-5-7-9/h2-3,9-10H,4-8H2,1H3/b3-2+. The first-order valence-electron chi connectivity index (χ1n) is 4.28. The minimum Gasteiger partial charge on any atom is -0.311 e. The van der Waals surface area contributed by atoms with Crippen molar-refractivity contribution < 1.29 is 0 Å². The summed E-state index contributed by atoms with van der Waals surface area (Å²) >= 11 is 0. The Kier molecular flexibility index (Phi) is 3.52. The van der Waals surface area contributed by atoms with Crippen LogP contribution in [0, 0.1) is 0 Å². The van der Waals surface area contributed by atoms with Gasteiger partial charge in [-0.1, -0.05) is 25.0 Å². The van der Waals surface area contributed by atoms with Gasteiger partial charge in [0.25, 0.3) is 0 Å². The Balaban J connectivity index is 2.01. The molecule has 0 aromatic rings. The zero-order valence-corrected chi connectivity index (χ0v) is 6.77. The van der Waals surface area contributed by atoms with Crippen molar-refractivity contribution in [3.8, 4) is 0 Å². The van der Waals surface area contributed by atoms with E-state index in [9.17, 15) is 0 Å². The van der Waals surface area contributed by atoms with Crippen LogP contribution in [0.15, 0.2) is 12.2 Å². The molecule has 0 aliphatic heterocycles. The molecule has 0 amide bonds. The largest absolute Gasteiger partial charge is 0.311 e. The maximum Gasteiger partial charge on any atom is 0.0137 e. The molecule has 0 atom stereocenters. The van der Waals surface area contributed by atoms with Crippen molar-refractivity contribution in [1.29, 1.82) is 0 Å². The summed E-state index contributed by atoms with van der Waals surface area (Å²) in [4.78, 5) is 0. The quantitative estimate of drug-likeness (QED) is 0.590. The number of nitrogens with one attached hydrogen (secondary N) is 1. The third kappa shape index (κ3) is 2.53. The lowest BCUT2D eigenvalue weighted by atomic mass is 10.2. The molecule has 1 rings (SSSR count). The number of hydrogen-bond acceptors (Lipinski definition) is 1. The van der Waals surface area contributed by atoms with E-state index in [2.05, 4.69) is 24.4 Å². The van der Waals surface area contributed by atoms with E-state index in [1.165, 1.54) is 25.7 Å². The Morgan fingerprint density at radius 1 is 1.40 bits per heavy atom. The smallest absolute Gasteiger partial charge is 0.0137 e. The van der Waals surface area contributed by atoms with Crippen molar-refractivity contribution in [3.05, 3.63) is 12.2 Å². The molecule has 0 radical (unpaired) electrons. The van der Waals surface area contributed by atoms with E-state index in [4.69, 9.17) is 0 Å². The lowest BCUT2D eigenvalue weighted by molar-refractivity contribution is 0.556. The summed E-state index contributed by atoms with van der Waals surface area (Å²) in [6, 6.07) is 0.816. The zero-order chi connectivity index (χ0) is 7.23. The van der Waals surface area contributed by atoms with Gasteiger partial charge < -0.3 is 5.32 Å². The van der Waals surface area contributed by atoms with E-state index in [1.54, 1.807) is 0 Å². The maximum atomic E-state index is 3.50. The highest BCUT2D eigenvalue weighted by atomic mass is 14.9. The predicted octanol–water partition coefficient (Wildman–Crippen LogP) is 2.09. The Bertz CT molecular complexity index is 101. The highest BCUT2D eigenvalue weighted by Gasteiger charge is 2.12. The SMILES string of the molecule is C/C=C/CNC1CCCC1. The number of rotatable bonds is 3. The normalized spacial score (nSPS) is 20.9. The minimum absolute atomic E-state index is 0.816. The molecule has 1 fully saturated rings. The van der Waals surface area contributed by atoms with E-state index < -0.39 is 0 Å². The van der Waals surface area contributed by atoms with Crippen molar-refractivity contribution in [2.24, 2.45) is 0 Å². The second kappa shape index (κ2) is 4.51. The van der Waals surface area contributed by atoms with E-state index >= 15 is 0 Å². The van der Waals surface area contributed by atoms with Crippen LogP contribution in [-0.4, -0.2) is 12.6 Å². The van der Waals surface area contributed by atoms with Crippen LogP contribution in [0.4, 0.5) is 0 Å². The highest BCUT2D eigenvalue weighted by molar-refractivity contribution is 4.83. The summed E-state index contributed by atoms with van der Waals surface area (Å²) in [7, 11) is 0. The first-order chi connectivity index (χ1) is 4.93. The second-order valence-electron chi connectivity index (χ2n) is 2.96. The summed E-state index contributed by atoms with van der Waals surface area (Å²) in [5, 5.41) is 3.50. The number of allylic oxidation sites excluding steroid dienone is 1. The highest BCUT2D eigenvalue weighted by Crippen LogP contribution is 2.17. The van der Waals surface area contributed by atoms with Gasteiger partial charge in [-0.15, -0.1) is 0 Å². The average molecular weight is 139 g/mol. The molecule has 1 N–H and O–H groups in total. The van der Waals surface area contributed by atoms with Crippen LogP contribution in [-0.2, 0) is 0 Å². The fourth-order valence-corrected chi connectivity index (χ4v) is 1.48. The van der Waals surface area contributed by atoms with Crippen molar-refractivity contribution >= 4 is 0 Å².